The average Bonchev–Trinajstić information content (AvgIpc) is 2.39. The molecule has 0 aliphatic rings. The van der Waals surface area contributed by atoms with E-state index in [1.807, 2.05) is 0 Å². The molecule has 6 nitrogen and oxygen atoms in total. The molecule has 0 heterocycles. The van der Waals surface area contributed by atoms with Gasteiger partial charge in [-0.15, -0.1) is 0 Å². The number of aryl methyl sites for hydroxylation is 1. The summed E-state index contributed by atoms with van der Waals surface area (Å²) in [6.45, 7) is 1.56. The van der Waals surface area contributed by atoms with E-state index in [0.29, 0.717) is 17.2 Å². The molecule has 0 radical (unpaired) electrons. The van der Waals surface area contributed by atoms with Gasteiger partial charge in [0.05, 0.1) is 19.7 Å². The normalized spacial score (nSPS) is 11.2. The smallest absolute Gasteiger partial charge is 0.371 e. The van der Waals surface area contributed by atoms with Crippen LogP contribution in [0.15, 0.2) is 30.0 Å². The quantitative estimate of drug-likeness (QED) is 0.486. The van der Waals surface area contributed by atoms with E-state index in [-0.39, 0.29) is 12.4 Å². The number of nitrogens with zero attached hydrogens (tertiary/aromatic N) is 1. The fourth-order valence-corrected chi connectivity index (χ4v) is 1.45. The Labute approximate surface area is 114 Å². The Kier molecular flexibility index (Phi) is 5.22. The van der Waals surface area contributed by atoms with Gasteiger partial charge < -0.3 is 10.2 Å². The second kappa shape index (κ2) is 6.67. The van der Waals surface area contributed by atoms with Gasteiger partial charge in [-0.25, -0.2) is 14.2 Å². The van der Waals surface area contributed by atoms with Crippen LogP contribution < -0.4 is 0 Å². The van der Waals surface area contributed by atoms with E-state index in [4.69, 9.17) is 15.1 Å². The van der Waals surface area contributed by atoms with E-state index >= 15 is 0 Å². The van der Waals surface area contributed by atoms with Gasteiger partial charge in [-0.1, -0.05) is 12.1 Å². The SMILES string of the molecule is CON(Cc1ccc(F)c(C)c1)C(=O)C=C(O)C(=O)O. The molecule has 0 atom stereocenters. The number of carboxylic acid groups (broad SMARTS) is 1. The summed E-state index contributed by atoms with van der Waals surface area (Å²) in [6, 6.07) is 4.27. The van der Waals surface area contributed by atoms with Crippen molar-refractivity contribution < 1.29 is 29.0 Å². The molecule has 0 saturated heterocycles. The fourth-order valence-electron chi connectivity index (χ4n) is 1.45. The summed E-state index contributed by atoms with van der Waals surface area (Å²) in [6.07, 6.45) is 0.530. The third-order valence-corrected chi connectivity index (χ3v) is 2.49. The summed E-state index contributed by atoms with van der Waals surface area (Å²) in [5.74, 6) is -3.92. The molecule has 1 aromatic carbocycles. The van der Waals surface area contributed by atoms with Crippen molar-refractivity contribution in [2.75, 3.05) is 7.11 Å². The lowest BCUT2D eigenvalue weighted by Crippen LogP contribution is -2.28. The van der Waals surface area contributed by atoms with Crippen LogP contribution in [0.5, 0.6) is 0 Å². The van der Waals surface area contributed by atoms with E-state index in [0.717, 1.165) is 5.06 Å². The lowest BCUT2D eigenvalue weighted by molar-refractivity contribution is -0.173. The van der Waals surface area contributed by atoms with Crippen molar-refractivity contribution in [3.05, 3.63) is 47.0 Å². The first-order valence-corrected chi connectivity index (χ1v) is 5.59. The first kappa shape index (κ1) is 15.6. The molecule has 0 spiro atoms. The predicted octanol–water partition coefficient (Wildman–Crippen LogP) is 1.55. The number of hydrogen-bond acceptors (Lipinski definition) is 4. The van der Waals surface area contributed by atoms with Crippen LogP contribution in [0, 0.1) is 12.7 Å². The number of halogens is 1. The molecule has 2 N–H and O–H groups in total. The molecule has 1 amide bonds. The molecule has 0 aliphatic carbocycles. The van der Waals surface area contributed by atoms with Gasteiger partial charge in [-0.3, -0.25) is 9.63 Å². The first-order valence-electron chi connectivity index (χ1n) is 5.59. The highest BCUT2D eigenvalue weighted by atomic mass is 19.1. The maximum absolute atomic E-state index is 13.1. The van der Waals surface area contributed by atoms with Gasteiger partial charge in [0.2, 0.25) is 5.76 Å². The third-order valence-electron chi connectivity index (χ3n) is 2.49. The number of aliphatic carboxylic acids is 1. The molecule has 0 bridgehead atoms. The zero-order valence-corrected chi connectivity index (χ0v) is 11.0. The number of carbonyl (C=O) groups is 2. The van der Waals surface area contributed by atoms with Gasteiger partial charge in [0.25, 0.3) is 5.91 Å². The number of carbonyl (C=O) groups excluding carboxylic acids is 1. The molecule has 0 saturated carbocycles. The Balaban J connectivity index is 2.86. The lowest BCUT2D eigenvalue weighted by Gasteiger charge is -2.18. The minimum absolute atomic E-state index is 0.0140. The summed E-state index contributed by atoms with van der Waals surface area (Å²) in [4.78, 5) is 26.9. The van der Waals surface area contributed by atoms with Crippen LogP contribution in [0.1, 0.15) is 11.1 Å². The number of hydroxylamine groups is 2. The zero-order valence-electron chi connectivity index (χ0n) is 11.0. The molecule has 20 heavy (non-hydrogen) atoms. The van der Waals surface area contributed by atoms with Crippen molar-refractivity contribution in [1.82, 2.24) is 5.06 Å². The van der Waals surface area contributed by atoms with Gasteiger partial charge in [0.15, 0.2) is 0 Å². The second-order valence-electron chi connectivity index (χ2n) is 3.98. The van der Waals surface area contributed by atoms with Crippen molar-refractivity contribution >= 4 is 11.9 Å². The highest BCUT2D eigenvalue weighted by molar-refractivity contribution is 5.95. The average molecular weight is 283 g/mol. The predicted molar refractivity (Wildman–Crippen MR) is 67.0 cm³/mol. The van der Waals surface area contributed by atoms with E-state index < -0.39 is 17.6 Å². The highest BCUT2D eigenvalue weighted by Gasteiger charge is 2.15. The topological polar surface area (TPSA) is 87.1 Å². The number of carboxylic acids is 1. The van der Waals surface area contributed by atoms with Crippen LogP contribution in [0.4, 0.5) is 4.39 Å². The highest BCUT2D eigenvalue weighted by Crippen LogP contribution is 2.12. The van der Waals surface area contributed by atoms with Crippen molar-refractivity contribution in [2.24, 2.45) is 0 Å². The van der Waals surface area contributed by atoms with Crippen LogP contribution in [-0.2, 0) is 21.0 Å². The maximum atomic E-state index is 13.1. The Bertz CT molecular complexity index is 556. The summed E-state index contributed by atoms with van der Waals surface area (Å²) in [7, 11) is 1.22. The van der Waals surface area contributed by atoms with E-state index in [1.165, 1.54) is 25.3 Å². The van der Waals surface area contributed by atoms with E-state index in [2.05, 4.69) is 0 Å². The Hall–Kier alpha value is -2.41. The Morgan fingerprint density at radius 2 is 2.05 bits per heavy atom. The summed E-state index contributed by atoms with van der Waals surface area (Å²) >= 11 is 0. The van der Waals surface area contributed by atoms with E-state index in [1.54, 1.807) is 6.92 Å². The van der Waals surface area contributed by atoms with Crippen LogP contribution in [0.2, 0.25) is 0 Å². The molecule has 1 rings (SSSR count). The number of rotatable bonds is 5. The van der Waals surface area contributed by atoms with Crippen LogP contribution in [-0.4, -0.2) is 34.3 Å². The fraction of sp³-hybridized carbons (Fsp3) is 0.231. The van der Waals surface area contributed by atoms with Gasteiger partial charge in [-0.2, -0.15) is 0 Å². The molecule has 0 aliphatic heterocycles. The zero-order chi connectivity index (χ0) is 15.3. The number of amides is 1. The van der Waals surface area contributed by atoms with Crippen molar-refractivity contribution in [3.63, 3.8) is 0 Å². The monoisotopic (exact) mass is 283 g/mol. The van der Waals surface area contributed by atoms with Gasteiger partial charge in [0, 0.05) is 0 Å². The van der Waals surface area contributed by atoms with Crippen molar-refractivity contribution in [1.29, 1.82) is 0 Å². The minimum atomic E-state index is -1.62. The van der Waals surface area contributed by atoms with Crippen molar-refractivity contribution in [2.45, 2.75) is 13.5 Å². The molecule has 108 valence electrons. The van der Waals surface area contributed by atoms with Gasteiger partial charge in [0.1, 0.15) is 5.82 Å². The molecular weight excluding hydrogens is 269 g/mol. The van der Waals surface area contributed by atoms with Gasteiger partial charge >= 0.3 is 5.97 Å². The maximum Gasteiger partial charge on any atom is 0.371 e. The largest absolute Gasteiger partial charge is 0.502 e. The Morgan fingerprint density at radius 1 is 1.40 bits per heavy atom. The molecule has 1 aromatic rings. The van der Waals surface area contributed by atoms with Crippen LogP contribution >= 0.6 is 0 Å². The number of hydrogen-bond donors (Lipinski definition) is 2. The number of aliphatic hydroxyl groups is 1. The second-order valence-corrected chi connectivity index (χ2v) is 3.98. The van der Waals surface area contributed by atoms with Crippen LogP contribution in [0.25, 0.3) is 0 Å². The van der Waals surface area contributed by atoms with Crippen molar-refractivity contribution in [3.8, 4) is 0 Å². The molecule has 0 unspecified atom stereocenters. The summed E-state index contributed by atoms with van der Waals surface area (Å²) in [5.41, 5.74) is 1.01. The lowest BCUT2D eigenvalue weighted by atomic mass is 10.1. The standard InChI is InChI=1S/C13H14FNO5/c1-8-5-9(3-4-10(8)14)7-15(20-2)12(17)6-11(16)13(18)19/h3-6,16H,7H2,1-2H3,(H,18,19). The summed E-state index contributed by atoms with van der Waals surface area (Å²) < 4.78 is 13.1. The first-order chi connectivity index (χ1) is 9.35. The van der Waals surface area contributed by atoms with Gasteiger partial charge in [-0.05, 0) is 24.1 Å². The third kappa shape index (κ3) is 4.06. The number of aliphatic hydroxyl groups excluding tert-OH is 1. The Morgan fingerprint density at radius 3 is 2.55 bits per heavy atom. The van der Waals surface area contributed by atoms with Crippen LogP contribution in [0.3, 0.4) is 0 Å². The molecular formula is C13H14FNO5. The number of benzene rings is 1. The molecule has 0 aromatic heterocycles. The van der Waals surface area contributed by atoms with E-state index in [9.17, 15) is 14.0 Å². The summed E-state index contributed by atoms with van der Waals surface area (Å²) in [5, 5.41) is 18.3. The molecule has 7 heteroatoms. The molecule has 0 fully saturated rings. The minimum Gasteiger partial charge on any atom is -0.502 e.